The molecule has 0 amide bonds. The smallest absolute Gasteiger partial charge is 0.306 e. The predicted octanol–water partition coefficient (Wildman–Crippen LogP) is 22.3. The average Bonchev–Trinajstić information content (AvgIpc) is 3.41. The summed E-state index contributed by atoms with van der Waals surface area (Å²) < 4.78 is 16.9. The van der Waals surface area contributed by atoms with E-state index in [1.54, 1.807) is 0 Å². The molecule has 0 saturated heterocycles. The first-order valence-electron chi connectivity index (χ1n) is 32.8. The van der Waals surface area contributed by atoms with E-state index in [1.165, 1.54) is 193 Å². The molecule has 1 unspecified atom stereocenters. The third kappa shape index (κ3) is 61.8. The van der Waals surface area contributed by atoms with Gasteiger partial charge in [-0.25, -0.2) is 0 Å². The van der Waals surface area contributed by atoms with Crippen LogP contribution in [0.1, 0.15) is 342 Å². The van der Waals surface area contributed by atoms with Crippen molar-refractivity contribution in [2.75, 3.05) is 13.2 Å². The van der Waals surface area contributed by atoms with Gasteiger partial charge in [-0.2, -0.15) is 0 Å². The van der Waals surface area contributed by atoms with Crippen molar-refractivity contribution in [3.05, 3.63) is 60.8 Å². The van der Waals surface area contributed by atoms with E-state index in [-0.39, 0.29) is 31.1 Å². The summed E-state index contributed by atoms with van der Waals surface area (Å²) in [6.07, 6.45) is 80.9. The molecule has 0 aromatic heterocycles. The topological polar surface area (TPSA) is 78.9 Å². The fraction of sp³-hybridized carbons (Fsp3) is 0.812. The van der Waals surface area contributed by atoms with E-state index in [1.807, 2.05) is 0 Å². The Morgan fingerprint density at radius 1 is 0.267 bits per heavy atom. The number of hydrogen-bond acceptors (Lipinski definition) is 6. The van der Waals surface area contributed by atoms with Gasteiger partial charge in [0.25, 0.3) is 0 Å². The van der Waals surface area contributed by atoms with Gasteiger partial charge in [0.2, 0.25) is 0 Å². The van der Waals surface area contributed by atoms with Crippen molar-refractivity contribution in [3.8, 4) is 0 Å². The first-order valence-corrected chi connectivity index (χ1v) is 32.8. The second-order valence-corrected chi connectivity index (χ2v) is 22.0. The van der Waals surface area contributed by atoms with Crippen LogP contribution in [0.15, 0.2) is 60.8 Å². The molecule has 1 atom stereocenters. The molecule has 436 valence electrons. The Morgan fingerprint density at radius 2 is 0.507 bits per heavy atom. The summed E-state index contributed by atoms with van der Waals surface area (Å²) in [6.45, 7) is 6.57. The highest BCUT2D eigenvalue weighted by Gasteiger charge is 2.19. The summed E-state index contributed by atoms with van der Waals surface area (Å²) in [5.41, 5.74) is 0. The Balaban J connectivity index is 4.28. The molecule has 0 bridgehead atoms. The van der Waals surface area contributed by atoms with Gasteiger partial charge in [0.1, 0.15) is 13.2 Å². The Morgan fingerprint density at radius 3 is 0.827 bits per heavy atom. The minimum absolute atomic E-state index is 0.0813. The van der Waals surface area contributed by atoms with Gasteiger partial charge in [-0.15, -0.1) is 0 Å². The van der Waals surface area contributed by atoms with Gasteiger partial charge in [0.05, 0.1) is 0 Å². The van der Waals surface area contributed by atoms with Crippen molar-refractivity contribution < 1.29 is 28.6 Å². The zero-order chi connectivity index (χ0) is 54.3. The average molecular weight is 1050 g/mol. The molecular weight excluding hydrogens is 925 g/mol. The predicted molar refractivity (Wildman–Crippen MR) is 325 cm³/mol. The lowest BCUT2D eigenvalue weighted by Gasteiger charge is -2.18. The molecule has 0 aromatic carbocycles. The molecule has 0 heterocycles. The zero-order valence-corrected chi connectivity index (χ0v) is 50.1. The van der Waals surface area contributed by atoms with Crippen LogP contribution in [-0.2, 0) is 28.6 Å². The molecule has 0 aliphatic rings. The molecule has 0 N–H and O–H groups in total. The second-order valence-electron chi connectivity index (χ2n) is 22.0. The van der Waals surface area contributed by atoms with Crippen molar-refractivity contribution in [2.24, 2.45) is 0 Å². The lowest BCUT2D eigenvalue weighted by atomic mass is 10.0. The highest BCUT2D eigenvalue weighted by molar-refractivity contribution is 5.71. The van der Waals surface area contributed by atoms with Crippen LogP contribution in [-0.4, -0.2) is 37.2 Å². The first-order chi connectivity index (χ1) is 37.0. The Kier molecular flexibility index (Phi) is 61.2. The number of allylic oxidation sites excluding steroid dienone is 10. The summed E-state index contributed by atoms with van der Waals surface area (Å²) in [6, 6.07) is 0. The maximum absolute atomic E-state index is 12.9. The second kappa shape index (κ2) is 63.6. The lowest BCUT2D eigenvalue weighted by Crippen LogP contribution is -2.30. The molecule has 6 heteroatoms. The van der Waals surface area contributed by atoms with Gasteiger partial charge in [0, 0.05) is 19.3 Å². The van der Waals surface area contributed by atoms with Crippen LogP contribution in [0.25, 0.3) is 0 Å². The molecule has 0 fully saturated rings. The van der Waals surface area contributed by atoms with E-state index in [0.717, 1.165) is 109 Å². The molecule has 0 aliphatic carbocycles. The number of unbranched alkanes of at least 4 members (excludes halogenated alkanes) is 39. The van der Waals surface area contributed by atoms with Crippen LogP contribution in [0.4, 0.5) is 0 Å². The third-order valence-electron chi connectivity index (χ3n) is 14.5. The van der Waals surface area contributed by atoms with Crippen molar-refractivity contribution in [3.63, 3.8) is 0 Å². The SMILES string of the molecule is CCC/C=C\C/C=C\CCCCCCCC(=O)OCC(COC(=O)CCCCCCCCCCCCCCCCCCCCCCCCCCC)OC(=O)CCCCCCCC/C=C\C/C=C\C/C=C\CCCCC. The maximum Gasteiger partial charge on any atom is 0.306 e. The summed E-state index contributed by atoms with van der Waals surface area (Å²) in [7, 11) is 0. The fourth-order valence-corrected chi connectivity index (χ4v) is 9.55. The molecule has 0 rings (SSSR count). The molecule has 75 heavy (non-hydrogen) atoms. The maximum atomic E-state index is 12.9. The van der Waals surface area contributed by atoms with Crippen LogP contribution in [0.2, 0.25) is 0 Å². The van der Waals surface area contributed by atoms with Crippen molar-refractivity contribution in [2.45, 2.75) is 348 Å². The van der Waals surface area contributed by atoms with Crippen molar-refractivity contribution in [1.29, 1.82) is 0 Å². The van der Waals surface area contributed by atoms with Crippen LogP contribution in [0.3, 0.4) is 0 Å². The Labute approximate surface area is 466 Å². The van der Waals surface area contributed by atoms with Gasteiger partial charge in [-0.05, 0) is 83.5 Å². The van der Waals surface area contributed by atoms with E-state index < -0.39 is 6.10 Å². The van der Waals surface area contributed by atoms with E-state index in [2.05, 4.69) is 81.5 Å². The Bertz CT molecular complexity index is 1340. The third-order valence-corrected chi connectivity index (χ3v) is 14.5. The fourth-order valence-electron chi connectivity index (χ4n) is 9.55. The number of ether oxygens (including phenoxy) is 3. The van der Waals surface area contributed by atoms with Crippen LogP contribution >= 0.6 is 0 Å². The lowest BCUT2D eigenvalue weighted by molar-refractivity contribution is -0.167. The number of carbonyl (C=O) groups is 3. The van der Waals surface area contributed by atoms with Gasteiger partial charge in [-0.3, -0.25) is 14.4 Å². The van der Waals surface area contributed by atoms with E-state index >= 15 is 0 Å². The summed E-state index contributed by atoms with van der Waals surface area (Å²) in [5.74, 6) is -0.891. The highest BCUT2D eigenvalue weighted by atomic mass is 16.6. The van der Waals surface area contributed by atoms with Gasteiger partial charge < -0.3 is 14.2 Å². The summed E-state index contributed by atoms with van der Waals surface area (Å²) in [5, 5.41) is 0. The summed E-state index contributed by atoms with van der Waals surface area (Å²) >= 11 is 0. The number of hydrogen-bond donors (Lipinski definition) is 0. The minimum atomic E-state index is -0.787. The minimum Gasteiger partial charge on any atom is -0.462 e. The van der Waals surface area contributed by atoms with E-state index in [9.17, 15) is 14.4 Å². The molecule has 0 spiro atoms. The molecule has 6 nitrogen and oxygen atoms in total. The standard InChI is InChI=1S/C69H124O6/c1-4-7-10-13-16-19-22-25-27-29-31-32-33-34-35-36-38-39-41-44-47-50-53-56-59-62-68(71)74-65-66(64-73-67(70)61-58-55-52-49-46-43-24-21-18-15-12-9-6-3)75-69(72)63-60-57-54-51-48-45-42-40-37-30-28-26-23-20-17-14-11-8-5-2/h12,15,17,20-21,24,26,28,37,40,66H,4-11,13-14,16,18-19,22-23,25,27,29-36,38-39,41-65H2,1-3H3/b15-12-,20-17-,24-21-,28-26-,40-37-. The normalized spacial score (nSPS) is 12.4. The van der Waals surface area contributed by atoms with Crippen LogP contribution < -0.4 is 0 Å². The summed E-state index contributed by atoms with van der Waals surface area (Å²) in [4.78, 5) is 38.3. The van der Waals surface area contributed by atoms with Gasteiger partial charge >= 0.3 is 17.9 Å². The quantitative estimate of drug-likeness (QED) is 0.0261. The highest BCUT2D eigenvalue weighted by Crippen LogP contribution is 2.18. The van der Waals surface area contributed by atoms with Gasteiger partial charge in [0.15, 0.2) is 6.10 Å². The molecule has 0 radical (unpaired) electrons. The number of esters is 3. The molecule has 0 aliphatic heterocycles. The molecular formula is C69H124O6. The first kappa shape index (κ1) is 72.1. The number of carbonyl (C=O) groups excluding carboxylic acids is 3. The van der Waals surface area contributed by atoms with E-state index in [4.69, 9.17) is 14.2 Å². The zero-order valence-electron chi connectivity index (χ0n) is 50.1. The molecule has 0 aromatic rings. The number of rotatable bonds is 60. The molecule has 0 saturated carbocycles. The van der Waals surface area contributed by atoms with Crippen molar-refractivity contribution >= 4 is 17.9 Å². The Hall–Kier alpha value is -2.89. The van der Waals surface area contributed by atoms with E-state index in [0.29, 0.717) is 19.3 Å². The monoisotopic (exact) mass is 1050 g/mol. The van der Waals surface area contributed by atoms with Crippen molar-refractivity contribution in [1.82, 2.24) is 0 Å². The van der Waals surface area contributed by atoms with Gasteiger partial charge in [-0.1, -0.05) is 300 Å². The van der Waals surface area contributed by atoms with Crippen LogP contribution in [0.5, 0.6) is 0 Å². The van der Waals surface area contributed by atoms with Crippen LogP contribution in [0, 0.1) is 0 Å². The largest absolute Gasteiger partial charge is 0.462 e.